The summed E-state index contributed by atoms with van der Waals surface area (Å²) in [5, 5.41) is 4.75. The standard InChI is InChI=1S/C27H19F3N4O4S/c1-33-16-22(25(35)21-7-3-4-8-23(21)33)26(36)32-31-14-17-15-34(24-9-5-2-6-20(17)24)39(37,38)19-12-10-18(11-13-19)27(28,29)30/h2-16H,1H3,(H,32,36). The van der Waals surface area contributed by atoms with Crippen LogP contribution >= 0.6 is 0 Å². The summed E-state index contributed by atoms with van der Waals surface area (Å²) in [6.07, 6.45) is -0.724. The molecule has 3 aromatic carbocycles. The molecule has 2 heterocycles. The van der Waals surface area contributed by atoms with Crippen molar-refractivity contribution < 1.29 is 26.4 Å². The minimum atomic E-state index is -4.60. The third-order valence-corrected chi connectivity index (χ3v) is 7.85. The number of para-hydroxylation sites is 2. The fourth-order valence-electron chi connectivity index (χ4n) is 4.23. The maximum Gasteiger partial charge on any atom is 0.416 e. The van der Waals surface area contributed by atoms with Gasteiger partial charge in [-0.3, -0.25) is 9.59 Å². The van der Waals surface area contributed by atoms with Gasteiger partial charge in [-0.05, 0) is 42.5 Å². The zero-order chi connectivity index (χ0) is 27.9. The molecular weight excluding hydrogens is 533 g/mol. The Morgan fingerprint density at radius 2 is 1.51 bits per heavy atom. The summed E-state index contributed by atoms with van der Waals surface area (Å²) in [6, 6.07) is 16.5. The molecule has 1 amide bonds. The number of hydrogen-bond donors (Lipinski definition) is 1. The Balaban J connectivity index is 1.47. The molecule has 2 aromatic heterocycles. The Morgan fingerprint density at radius 1 is 0.897 bits per heavy atom. The first-order valence-electron chi connectivity index (χ1n) is 11.4. The van der Waals surface area contributed by atoms with Crippen molar-refractivity contribution in [2.24, 2.45) is 12.1 Å². The van der Waals surface area contributed by atoms with Crippen LogP contribution in [0.2, 0.25) is 0 Å². The van der Waals surface area contributed by atoms with Crippen molar-refractivity contribution in [1.29, 1.82) is 0 Å². The topological polar surface area (TPSA) is 103 Å². The Morgan fingerprint density at radius 3 is 2.18 bits per heavy atom. The SMILES string of the molecule is Cn1cc(C(=O)NN=Cc2cn(S(=O)(=O)c3ccc(C(F)(F)F)cc3)c3ccccc23)c(=O)c2ccccc21. The minimum Gasteiger partial charge on any atom is -0.350 e. The second-order valence-electron chi connectivity index (χ2n) is 8.62. The number of carbonyl (C=O) groups excluding carboxylic acids is 1. The van der Waals surface area contributed by atoms with Crippen molar-refractivity contribution in [2.75, 3.05) is 0 Å². The Labute approximate surface area is 219 Å². The number of nitrogens with one attached hydrogen (secondary N) is 1. The van der Waals surface area contributed by atoms with Gasteiger partial charge in [-0.15, -0.1) is 0 Å². The molecule has 12 heteroatoms. The summed E-state index contributed by atoms with van der Waals surface area (Å²) in [7, 11) is -2.56. The molecule has 1 N–H and O–H groups in total. The molecule has 0 radical (unpaired) electrons. The average Bonchev–Trinajstić information content (AvgIpc) is 3.30. The lowest BCUT2D eigenvalue weighted by atomic mass is 10.1. The van der Waals surface area contributed by atoms with Crippen molar-refractivity contribution >= 4 is 44.0 Å². The van der Waals surface area contributed by atoms with E-state index < -0.39 is 33.1 Å². The van der Waals surface area contributed by atoms with E-state index in [2.05, 4.69) is 10.5 Å². The summed E-state index contributed by atoms with van der Waals surface area (Å²) >= 11 is 0. The molecule has 0 aliphatic heterocycles. The number of carbonyl (C=O) groups is 1. The number of rotatable bonds is 5. The number of pyridine rings is 1. The van der Waals surface area contributed by atoms with E-state index in [0.29, 0.717) is 34.0 Å². The molecule has 39 heavy (non-hydrogen) atoms. The Hall–Kier alpha value is -4.71. The number of hydrogen-bond acceptors (Lipinski definition) is 5. The lowest BCUT2D eigenvalue weighted by molar-refractivity contribution is -0.137. The Bertz CT molecular complexity index is 1940. The van der Waals surface area contributed by atoms with Gasteiger partial charge >= 0.3 is 6.18 Å². The van der Waals surface area contributed by atoms with Crippen molar-refractivity contribution in [3.05, 3.63) is 112 Å². The second-order valence-corrected chi connectivity index (χ2v) is 10.4. The van der Waals surface area contributed by atoms with Crippen LogP contribution in [0.25, 0.3) is 21.8 Å². The van der Waals surface area contributed by atoms with E-state index in [1.165, 1.54) is 24.7 Å². The molecule has 0 saturated carbocycles. The van der Waals surface area contributed by atoms with E-state index in [1.807, 2.05) is 0 Å². The summed E-state index contributed by atoms with van der Waals surface area (Å²) in [5.74, 6) is -0.751. The fourth-order valence-corrected chi connectivity index (χ4v) is 5.61. The van der Waals surface area contributed by atoms with E-state index >= 15 is 0 Å². The summed E-state index contributed by atoms with van der Waals surface area (Å²) in [5.41, 5.74) is 1.97. The third kappa shape index (κ3) is 4.70. The minimum absolute atomic E-state index is 0.124. The van der Waals surface area contributed by atoms with Crippen LogP contribution in [0.3, 0.4) is 0 Å². The smallest absolute Gasteiger partial charge is 0.350 e. The first kappa shape index (κ1) is 25.9. The van der Waals surface area contributed by atoms with E-state index in [4.69, 9.17) is 0 Å². The van der Waals surface area contributed by atoms with Gasteiger partial charge in [-0.1, -0.05) is 30.3 Å². The number of benzene rings is 3. The molecule has 0 aliphatic rings. The van der Waals surface area contributed by atoms with Crippen LogP contribution < -0.4 is 10.9 Å². The summed E-state index contributed by atoms with van der Waals surface area (Å²) in [6.45, 7) is 0. The van der Waals surface area contributed by atoms with Gasteiger partial charge in [0.2, 0.25) is 5.43 Å². The predicted octanol–water partition coefficient (Wildman–Crippen LogP) is 4.51. The molecule has 0 unspecified atom stereocenters. The highest BCUT2D eigenvalue weighted by molar-refractivity contribution is 7.90. The van der Waals surface area contributed by atoms with Crippen LogP contribution in [0, 0.1) is 0 Å². The third-order valence-electron chi connectivity index (χ3n) is 6.16. The van der Waals surface area contributed by atoms with Gasteiger partial charge in [-0.25, -0.2) is 17.8 Å². The van der Waals surface area contributed by atoms with Crippen LogP contribution in [-0.4, -0.2) is 29.1 Å². The summed E-state index contributed by atoms with van der Waals surface area (Å²) < 4.78 is 68.0. The normalized spacial score (nSPS) is 12.4. The number of amides is 1. The van der Waals surface area contributed by atoms with E-state index in [1.54, 1.807) is 54.1 Å². The van der Waals surface area contributed by atoms with Crippen molar-refractivity contribution in [2.45, 2.75) is 11.1 Å². The monoisotopic (exact) mass is 552 g/mol. The molecule has 0 saturated heterocycles. The average molecular weight is 553 g/mol. The second kappa shape index (κ2) is 9.55. The van der Waals surface area contributed by atoms with Gasteiger partial charge in [0, 0.05) is 35.8 Å². The van der Waals surface area contributed by atoms with E-state index in [0.717, 1.165) is 16.1 Å². The first-order chi connectivity index (χ1) is 18.5. The van der Waals surface area contributed by atoms with Crippen molar-refractivity contribution in [3.63, 3.8) is 0 Å². The maximum atomic E-state index is 13.3. The van der Waals surface area contributed by atoms with E-state index in [9.17, 15) is 31.2 Å². The number of halogens is 3. The summed E-state index contributed by atoms with van der Waals surface area (Å²) in [4.78, 5) is 25.2. The Kier molecular flexibility index (Phi) is 6.35. The van der Waals surface area contributed by atoms with Gasteiger partial charge in [0.1, 0.15) is 5.56 Å². The highest BCUT2D eigenvalue weighted by Gasteiger charge is 2.31. The number of aryl methyl sites for hydroxylation is 1. The van der Waals surface area contributed by atoms with Gasteiger partial charge in [0.05, 0.1) is 27.7 Å². The lowest BCUT2D eigenvalue weighted by Crippen LogP contribution is -2.26. The molecule has 0 bridgehead atoms. The van der Waals surface area contributed by atoms with E-state index in [-0.39, 0.29) is 16.0 Å². The highest BCUT2D eigenvalue weighted by atomic mass is 32.2. The molecule has 198 valence electrons. The van der Waals surface area contributed by atoms with Crippen LogP contribution in [0.15, 0.2) is 100.0 Å². The number of nitrogens with zero attached hydrogens (tertiary/aromatic N) is 3. The molecule has 0 atom stereocenters. The zero-order valence-electron chi connectivity index (χ0n) is 20.2. The molecule has 5 aromatic rings. The predicted molar refractivity (Wildman–Crippen MR) is 140 cm³/mol. The van der Waals surface area contributed by atoms with Crippen molar-refractivity contribution in [1.82, 2.24) is 14.0 Å². The first-order valence-corrected chi connectivity index (χ1v) is 12.9. The van der Waals surface area contributed by atoms with Gasteiger partial charge in [-0.2, -0.15) is 18.3 Å². The van der Waals surface area contributed by atoms with Crippen LogP contribution in [0.1, 0.15) is 21.5 Å². The lowest BCUT2D eigenvalue weighted by Gasteiger charge is -2.10. The fraction of sp³-hybridized carbons (Fsp3) is 0.0741. The van der Waals surface area contributed by atoms with Gasteiger partial charge in [0.15, 0.2) is 0 Å². The quantitative estimate of drug-likeness (QED) is 0.256. The molecular formula is C27H19F3N4O4S. The largest absolute Gasteiger partial charge is 0.416 e. The molecule has 0 fully saturated rings. The number of alkyl halides is 3. The van der Waals surface area contributed by atoms with Crippen LogP contribution in [0.4, 0.5) is 13.2 Å². The maximum absolute atomic E-state index is 13.3. The van der Waals surface area contributed by atoms with Crippen molar-refractivity contribution in [3.8, 4) is 0 Å². The van der Waals surface area contributed by atoms with Gasteiger partial charge in [0.25, 0.3) is 15.9 Å². The number of fused-ring (bicyclic) bond motifs is 2. The van der Waals surface area contributed by atoms with Gasteiger partial charge < -0.3 is 4.57 Å². The molecule has 0 aliphatic carbocycles. The number of aromatic nitrogens is 2. The zero-order valence-corrected chi connectivity index (χ0v) is 21.0. The highest BCUT2D eigenvalue weighted by Crippen LogP contribution is 2.31. The van der Waals surface area contributed by atoms with Crippen LogP contribution in [0.5, 0.6) is 0 Å². The number of hydrazone groups is 1. The molecule has 5 rings (SSSR count). The van der Waals surface area contributed by atoms with Crippen LogP contribution in [-0.2, 0) is 23.2 Å². The molecule has 0 spiro atoms. The molecule has 8 nitrogen and oxygen atoms in total.